The number of alkyl carbamates (subject to hydrolysis) is 1. The Morgan fingerprint density at radius 2 is 1.68 bits per heavy atom. The van der Waals surface area contributed by atoms with Gasteiger partial charge in [0.1, 0.15) is 11.8 Å². The molecule has 0 aliphatic heterocycles. The van der Waals surface area contributed by atoms with E-state index >= 15 is 0 Å². The van der Waals surface area contributed by atoms with Crippen molar-refractivity contribution in [3.63, 3.8) is 0 Å². The van der Waals surface area contributed by atoms with Gasteiger partial charge in [-0.1, -0.05) is 0 Å². The number of phosphoric ester groups is 1. The fourth-order valence-electron chi connectivity index (χ4n) is 1.11. The predicted octanol–water partition coefficient (Wildman–Crippen LogP) is 3.05. The highest BCUT2D eigenvalue weighted by atomic mass is 31.2. The molecule has 0 bridgehead atoms. The lowest BCUT2D eigenvalue weighted by molar-refractivity contribution is 0.0327. The second-order valence-electron chi connectivity index (χ2n) is 4.68. The maximum absolute atomic E-state index is 12.0. The van der Waals surface area contributed by atoms with Gasteiger partial charge in [-0.25, -0.2) is 9.36 Å². The van der Waals surface area contributed by atoms with Crippen LogP contribution in [0, 0.1) is 0 Å². The average Bonchev–Trinajstić information content (AvgIpc) is 2.13. The Bertz CT molecular complexity index is 318. The van der Waals surface area contributed by atoms with Crippen molar-refractivity contribution in [3.8, 4) is 0 Å². The molecule has 0 rings (SSSR count). The van der Waals surface area contributed by atoms with Gasteiger partial charge < -0.3 is 4.74 Å². The third kappa shape index (κ3) is 8.99. The molecule has 0 aliphatic rings. The highest BCUT2D eigenvalue weighted by Gasteiger charge is 2.29. The topological polar surface area (TPSA) is 83.1 Å². The summed E-state index contributed by atoms with van der Waals surface area (Å²) in [6.45, 7) is 10.4. The van der Waals surface area contributed by atoms with Crippen LogP contribution in [0.25, 0.3) is 0 Å². The van der Waals surface area contributed by atoms with E-state index in [0.717, 1.165) is 0 Å². The van der Waals surface area contributed by atoms with Crippen LogP contribution >= 0.6 is 7.82 Å². The summed E-state index contributed by atoms with van der Waals surface area (Å²) in [7, 11) is -3.65. The van der Waals surface area contributed by atoms with Gasteiger partial charge in [0.2, 0.25) is 0 Å². The van der Waals surface area contributed by atoms with E-state index in [1.807, 2.05) is 0 Å². The van der Waals surface area contributed by atoms with Gasteiger partial charge in [-0.15, -0.1) is 0 Å². The van der Waals surface area contributed by atoms with Crippen LogP contribution in [-0.2, 0) is 22.9 Å². The summed E-state index contributed by atoms with van der Waals surface area (Å²) in [5.74, 6) is 0. The van der Waals surface area contributed by atoms with Gasteiger partial charge in [0.05, 0.1) is 13.2 Å². The summed E-state index contributed by atoms with van der Waals surface area (Å²) in [4.78, 5) is 11.5. The summed E-state index contributed by atoms with van der Waals surface area (Å²) in [5.41, 5.74) is -0.618. The van der Waals surface area contributed by atoms with Crippen molar-refractivity contribution >= 4 is 13.9 Å². The first-order chi connectivity index (χ1) is 8.62. The number of hydrogen-bond donors (Lipinski definition) is 1. The van der Waals surface area contributed by atoms with E-state index in [9.17, 15) is 9.36 Å². The number of ether oxygens (including phenoxy) is 1. The molecule has 0 aromatic rings. The molecule has 114 valence electrons. The van der Waals surface area contributed by atoms with Gasteiger partial charge in [0.15, 0.2) is 0 Å². The second kappa shape index (κ2) is 7.85. The number of carbonyl (C=O) groups excluding carboxylic acids is 1. The molecule has 0 heterocycles. The average molecular weight is 297 g/mol. The smallest absolute Gasteiger partial charge is 0.444 e. The highest BCUT2D eigenvalue weighted by molar-refractivity contribution is 7.48. The molecule has 0 fully saturated rings. The number of rotatable bonds is 7. The normalized spacial score (nSPS) is 14.0. The standard InChI is InChI=1S/C11H24NO6P/c1-7-15-19(14,16-8-2)18-9(3)12-10(13)17-11(4,5)6/h9H,7-8H2,1-6H3,(H,12,13). The molecule has 0 aliphatic carbocycles. The van der Waals surface area contributed by atoms with Gasteiger partial charge in [0, 0.05) is 0 Å². The molecule has 1 N–H and O–H groups in total. The number of nitrogens with one attached hydrogen (secondary N) is 1. The highest BCUT2D eigenvalue weighted by Crippen LogP contribution is 2.49. The van der Waals surface area contributed by atoms with Crippen LogP contribution < -0.4 is 5.32 Å². The quantitative estimate of drug-likeness (QED) is 0.574. The minimum atomic E-state index is -3.65. The van der Waals surface area contributed by atoms with E-state index in [1.54, 1.807) is 34.6 Å². The Hall–Kier alpha value is -0.620. The van der Waals surface area contributed by atoms with Crippen LogP contribution in [-0.4, -0.2) is 31.1 Å². The van der Waals surface area contributed by atoms with Gasteiger partial charge in [-0.2, -0.15) is 0 Å². The molecule has 0 saturated carbocycles. The van der Waals surface area contributed by atoms with Gasteiger partial charge in [-0.05, 0) is 41.5 Å². The lowest BCUT2D eigenvalue weighted by atomic mass is 10.2. The predicted molar refractivity (Wildman–Crippen MR) is 70.8 cm³/mol. The summed E-state index contributed by atoms with van der Waals surface area (Å²) >= 11 is 0. The van der Waals surface area contributed by atoms with Crippen LogP contribution in [0.2, 0.25) is 0 Å². The lowest BCUT2D eigenvalue weighted by Gasteiger charge is -2.24. The summed E-state index contributed by atoms with van der Waals surface area (Å²) in [5, 5.41) is 2.39. The van der Waals surface area contributed by atoms with E-state index in [4.69, 9.17) is 18.3 Å². The molecular formula is C11H24NO6P. The molecule has 0 aromatic carbocycles. The van der Waals surface area contributed by atoms with Crippen molar-refractivity contribution in [1.29, 1.82) is 0 Å². The zero-order valence-electron chi connectivity index (χ0n) is 12.4. The summed E-state index contributed by atoms with van der Waals surface area (Å²) in [6.07, 6.45) is -1.53. The lowest BCUT2D eigenvalue weighted by Crippen LogP contribution is -2.38. The van der Waals surface area contributed by atoms with Crippen molar-refractivity contribution in [1.82, 2.24) is 5.32 Å². The van der Waals surface area contributed by atoms with Crippen molar-refractivity contribution in [3.05, 3.63) is 0 Å². The maximum Gasteiger partial charge on any atom is 0.476 e. The molecule has 1 atom stereocenters. The van der Waals surface area contributed by atoms with E-state index < -0.39 is 25.7 Å². The molecule has 0 spiro atoms. The van der Waals surface area contributed by atoms with Crippen molar-refractivity contribution in [2.75, 3.05) is 13.2 Å². The monoisotopic (exact) mass is 297 g/mol. The molecule has 0 radical (unpaired) electrons. The first-order valence-corrected chi connectivity index (χ1v) is 7.65. The largest absolute Gasteiger partial charge is 0.476 e. The Labute approximate surface area is 114 Å². The second-order valence-corrected chi connectivity index (χ2v) is 6.30. The zero-order valence-corrected chi connectivity index (χ0v) is 13.3. The van der Waals surface area contributed by atoms with E-state index in [1.165, 1.54) is 6.92 Å². The van der Waals surface area contributed by atoms with Gasteiger partial charge in [0.25, 0.3) is 0 Å². The zero-order chi connectivity index (χ0) is 15.1. The minimum Gasteiger partial charge on any atom is -0.444 e. The molecule has 8 heteroatoms. The Morgan fingerprint density at radius 3 is 2.05 bits per heavy atom. The number of amides is 1. The molecular weight excluding hydrogens is 273 g/mol. The fourth-order valence-corrected chi connectivity index (χ4v) is 2.38. The minimum absolute atomic E-state index is 0.177. The fraction of sp³-hybridized carbons (Fsp3) is 0.909. The molecule has 0 saturated heterocycles. The molecule has 1 amide bonds. The van der Waals surface area contributed by atoms with Gasteiger partial charge in [-0.3, -0.25) is 18.9 Å². The van der Waals surface area contributed by atoms with Crippen molar-refractivity contribution < 1.29 is 27.7 Å². The van der Waals surface area contributed by atoms with Crippen molar-refractivity contribution in [2.45, 2.75) is 53.4 Å². The molecule has 19 heavy (non-hydrogen) atoms. The molecule has 1 unspecified atom stereocenters. The van der Waals surface area contributed by atoms with Crippen molar-refractivity contribution in [2.24, 2.45) is 0 Å². The number of hydrogen-bond acceptors (Lipinski definition) is 6. The van der Waals surface area contributed by atoms with Crippen LogP contribution in [0.4, 0.5) is 4.79 Å². The molecule has 0 aromatic heterocycles. The van der Waals surface area contributed by atoms with Gasteiger partial charge >= 0.3 is 13.9 Å². The Kier molecular flexibility index (Phi) is 7.59. The van der Waals surface area contributed by atoms with Crippen LogP contribution in [0.1, 0.15) is 41.5 Å². The Morgan fingerprint density at radius 1 is 1.21 bits per heavy atom. The van der Waals surface area contributed by atoms with Crippen LogP contribution in [0.15, 0.2) is 0 Å². The summed E-state index contributed by atoms with van der Waals surface area (Å²) in [6, 6.07) is 0. The van der Waals surface area contributed by atoms with E-state index in [-0.39, 0.29) is 13.2 Å². The first kappa shape index (κ1) is 18.4. The molecule has 7 nitrogen and oxygen atoms in total. The van der Waals surface area contributed by atoms with E-state index in [2.05, 4.69) is 5.32 Å². The summed E-state index contributed by atoms with van der Waals surface area (Å²) < 4.78 is 32.1. The number of carbonyl (C=O) groups is 1. The first-order valence-electron chi connectivity index (χ1n) is 6.19. The third-order valence-corrected chi connectivity index (χ3v) is 3.30. The van der Waals surface area contributed by atoms with E-state index in [0.29, 0.717) is 0 Å². The third-order valence-electron chi connectivity index (χ3n) is 1.58. The maximum atomic E-state index is 12.0. The van der Waals surface area contributed by atoms with Crippen LogP contribution in [0.3, 0.4) is 0 Å². The van der Waals surface area contributed by atoms with Crippen LogP contribution in [0.5, 0.6) is 0 Å². The Balaban J connectivity index is 4.38. The number of phosphoric acid groups is 1. The SMILES string of the molecule is CCOP(=O)(OCC)OC(C)NC(=O)OC(C)(C)C.